The molecule has 3 nitrogen and oxygen atoms in total. The number of nitrogens with zero attached hydrogens (tertiary/aromatic N) is 1. The predicted molar refractivity (Wildman–Crippen MR) is 81.5 cm³/mol. The summed E-state index contributed by atoms with van der Waals surface area (Å²) in [6, 6.07) is 5.45. The molecular formula is C13H19BrN2OS. The van der Waals surface area contributed by atoms with E-state index in [2.05, 4.69) is 52.6 Å². The Labute approximate surface area is 122 Å². The molecule has 5 heteroatoms. The lowest BCUT2D eigenvalue weighted by molar-refractivity contribution is 0.0948. The first-order valence-corrected chi connectivity index (χ1v) is 7.31. The van der Waals surface area contributed by atoms with Crippen molar-refractivity contribution in [2.24, 2.45) is 0 Å². The van der Waals surface area contributed by atoms with Crippen LogP contribution in [-0.2, 0) is 0 Å². The van der Waals surface area contributed by atoms with Gasteiger partial charge in [0, 0.05) is 22.5 Å². The van der Waals surface area contributed by atoms with E-state index in [1.54, 1.807) is 6.07 Å². The molecule has 1 aromatic carbocycles. The summed E-state index contributed by atoms with van der Waals surface area (Å²) < 4.78 is 0.792. The molecule has 0 radical (unpaired) electrons. The van der Waals surface area contributed by atoms with E-state index in [9.17, 15) is 4.79 Å². The molecule has 0 saturated heterocycles. The number of amides is 1. The molecule has 0 fully saturated rings. The molecule has 0 aliphatic heterocycles. The zero-order chi connectivity index (χ0) is 13.5. The predicted octanol–water partition coefficient (Wildman–Crippen LogP) is 2.81. The highest BCUT2D eigenvalue weighted by Crippen LogP contribution is 2.19. The maximum Gasteiger partial charge on any atom is 0.252 e. The Kier molecular flexibility index (Phi) is 6.75. The summed E-state index contributed by atoms with van der Waals surface area (Å²) in [5, 5.41) is 2.92. The fraction of sp³-hybridized carbons (Fsp3) is 0.462. The first kappa shape index (κ1) is 15.5. The smallest absolute Gasteiger partial charge is 0.252 e. The monoisotopic (exact) mass is 330 g/mol. The summed E-state index contributed by atoms with van der Waals surface area (Å²) in [5.41, 5.74) is 0.627. The highest BCUT2D eigenvalue weighted by Gasteiger charge is 2.10. The van der Waals surface area contributed by atoms with Crippen LogP contribution >= 0.6 is 28.6 Å². The Hall–Kier alpha value is -0.520. The lowest BCUT2D eigenvalue weighted by atomic mass is 10.2. The third kappa shape index (κ3) is 4.63. The first-order chi connectivity index (χ1) is 8.58. The fourth-order valence-corrected chi connectivity index (χ4v) is 2.28. The van der Waals surface area contributed by atoms with E-state index in [0.29, 0.717) is 12.1 Å². The number of carbonyl (C=O) groups is 1. The third-order valence-corrected chi connectivity index (χ3v) is 3.77. The number of benzene rings is 1. The third-order valence-electron chi connectivity index (χ3n) is 2.80. The number of thiol groups is 1. The summed E-state index contributed by atoms with van der Waals surface area (Å²) in [4.78, 5) is 15.0. The molecule has 0 unspecified atom stereocenters. The van der Waals surface area contributed by atoms with E-state index >= 15 is 0 Å². The van der Waals surface area contributed by atoms with Crippen LogP contribution in [-0.4, -0.2) is 37.0 Å². The summed E-state index contributed by atoms with van der Waals surface area (Å²) in [6.07, 6.45) is 0. The van der Waals surface area contributed by atoms with Crippen LogP contribution in [0.1, 0.15) is 24.2 Å². The van der Waals surface area contributed by atoms with E-state index in [1.165, 1.54) is 0 Å². The summed E-state index contributed by atoms with van der Waals surface area (Å²) >= 11 is 7.61. The average Bonchev–Trinajstić information content (AvgIpc) is 2.37. The van der Waals surface area contributed by atoms with Crippen LogP contribution in [0.25, 0.3) is 0 Å². The Morgan fingerprint density at radius 1 is 1.39 bits per heavy atom. The van der Waals surface area contributed by atoms with Crippen molar-refractivity contribution in [1.82, 2.24) is 10.2 Å². The van der Waals surface area contributed by atoms with Gasteiger partial charge in [0.2, 0.25) is 0 Å². The van der Waals surface area contributed by atoms with Crippen molar-refractivity contribution in [3.63, 3.8) is 0 Å². The highest BCUT2D eigenvalue weighted by atomic mass is 79.9. The van der Waals surface area contributed by atoms with Crippen LogP contribution < -0.4 is 5.32 Å². The maximum atomic E-state index is 12.0. The van der Waals surface area contributed by atoms with Crippen molar-refractivity contribution < 1.29 is 4.79 Å². The van der Waals surface area contributed by atoms with Crippen molar-refractivity contribution in [2.45, 2.75) is 18.7 Å². The minimum absolute atomic E-state index is 0.0649. The minimum atomic E-state index is -0.0649. The molecule has 1 amide bonds. The van der Waals surface area contributed by atoms with Gasteiger partial charge in [-0.25, -0.2) is 0 Å². The van der Waals surface area contributed by atoms with Gasteiger partial charge in [-0.1, -0.05) is 13.8 Å². The van der Waals surface area contributed by atoms with Crippen LogP contribution in [0.15, 0.2) is 27.6 Å². The largest absolute Gasteiger partial charge is 0.351 e. The quantitative estimate of drug-likeness (QED) is 0.786. The average molecular weight is 331 g/mol. The number of nitrogens with one attached hydrogen (secondary N) is 1. The number of likely N-dealkylation sites (N-methyl/N-ethyl adjacent to an activating group) is 1. The van der Waals surface area contributed by atoms with Gasteiger partial charge in [-0.3, -0.25) is 4.79 Å². The molecule has 0 atom stereocenters. The van der Waals surface area contributed by atoms with Gasteiger partial charge < -0.3 is 10.2 Å². The van der Waals surface area contributed by atoms with Crippen LogP contribution in [0.5, 0.6) is 0 Å². The zero-order valence-corrected chi connectivity index (χ0v) is 13.2. The first-order valence-electron chi connectivity index (χ1n) is 6.07. The zero-order valence-electron chi connectivity index (χ0n) is 10.7. The standard InChI is InChI=1S/C13H19BrN2OS/c1-3-16(4-2)8-7-15-13(17)11-9-10(18)5-6-12(11)14/h5-6,9,18H,3-4,7-8H2,1-2H3,(H,15,17). The van der Waals surface area contributed by atoms with Crippen molar-refractivity contribution in [2.75, 3.05) is 26.2 Å². The van der Waals surface area contributed by atoms with Crippen LogP contribution in [0.3, 0.4) is 0 Å². The van der Waals surface area contributed by atoms with Crippen molar-refractivity contribution in [1.29, 1.82) is 0 Å². The lowest BCUT2D eigenvalue weighted by Gasteiger charge is -2.18. The highest BCUT2D eigenvalue weighted by molar-refractivity contribution is 9.10. The molecule has 0 aromatic heterocycles. The summed E-state index contributed by atoms with van der Waals surface area (Å²) in [7, 11) is 0. The number of hydrogen-bond donors (Lipinski definition) is 2. The van der Waals surface area contributed by atoms with E-state index in [4.69, 9.17) is 0 Å². The molecule has 0 saturated carbocycles. The topological polar surface area (TPSA) is 32.3 Å². The van der Waals surface area contributed by atoms with Gasteiger partial charge in [0.1, 0.15) is 0 Å². The molecule has 0 aliphatic carbocycles. The molecule has 1 N–H and O–H groups in total. The Morgan fingerprint density at radius 2 is 2.06 bits per heavy atom. The molecule has 1 rings (SSSR count). The second kappa shape index (κ2) is 7.81. The fourth-order valence-electron chi connectivity index (χ4n) is 1.65. The van der Waals surface area contributed by atoms with Gasteiger partial charge in [-0.2, -0.15) is 0 Å². The Morgan fingerprint density at radius 3 is 2.67 bits per heavy atom. The van der Waals surface area contributed by atoms with Crippen LogP contribution in [0.2, 0.25) is 0 Å². The number of rotatable bonds is 6. The maximum absolute atomic E-state index is 12.0. The van der Waals surface area contributed by atoms with E-state index < -0.39 is 0 Å². The van der Waals surface area contributed by atoms with E-state index in [0.717, 1.165) is 29.0 Å². The molecule has 0 aliphatic rings. The summed E-state index contributed by atoms with van der Waals surface area (Å²) in [6.45, 7) is 7.77. The van der Waals surface area contributed by atoms with Crippen molar-refractivity contribution in [3.05, 3.63) is 28.2 Å². The second-order valence-electron chi connectivity index (χ2n) is 3.95. The molecule has 0 spiro atoms. The van der Waals surface area contributed by atoms with Gasteiger partial charge in [-0.15, -0.1) is 12.6 Å². The van der Waals surface area contributed by atoms with Crippen LogP contribution in [0.4, 0.5) is 0 Å². The number of hydrogen-bond acceptors (Lipinski definition) is 3. The number of halogens is 1. The second-order valence-corrected chi connectivity index (χ2v) is 5.32. The van der Waals surface area contributed by atoms with Gasteiger partial charge in [-0.05, 0) is 47.2 Å². The van der Waals surface area contributed by atoms with E-state index in [1.807, 2.05) is 12.1 Å². The molecule has 100 valence electrons. The SMILES string of the molecule is CCN(CC)CCNC(=O)c1cc(S)ccc1Br. The van der Waals surface area contributed by atoms with E-state index in [-0.39, 0.29) is 5.91 Å². The van der Waals surface area contributed by atoms with Gasteiger partial charge >= 0.3 is 0 Å². The van der Waals surface area contributed by atoms with Gasteiger partial charge in [0.15, 0.2) is 0 Å². The number of carbonyl (C=O) groups excluding carboxylic acids is 1. The normalized spacial score (nSPS) is 10.7. The molecule has 0 heterocycles. The molecule has 1 aromatic rings. The van der Waals surface area contributed by atoms with Crippen LogP contribution in [0, 0.1) is 0 Å². The summed E-state index contributed by atoms with van der Waals surface area (Å²) in [5.74, 6) is -0.0649. The molecular weight excluding hydrogens is 312 g/mol. The lowest BCUT2D eigenvalue weighted by Crippen LogP contribution is -2.34. The van der Waals surface area contributed by atoms with Gasteiger partial charge in [0.25, 0.3) is 5.91 Å². The Balaban J connectivity index is 2.53. The Bertz CT molecular complexity index is 408. The molecule has 0 bridgehead atoms. The van der Waals surface area contributed by atoms with Crippen molar-refractivity contribution >= 4 is 34.5 Å². The van der Waals surface area contributed by atoms with Gasteiger partial charge in [0.05, 0.1) is 5.56 Å². The molecule has 18 heavy (non-hydrogen) atoms. The van der Waals surface area contributed by atoms with Crippen molar-refractivity contribution in [3.8, 4) is 0 Å². The minimum Gasteiger partial charge on any atom is -0.351 e.